The van der Waals surface area contributed by atoms with Crippen LogP contribution in [-0.2, 0) is 10.0 Å². The van der Waals surface area contributed by atoms with Gasteiger partial charge in [0.2, 0.25) is 0 Å². The maximum absolute atomic E-state index is 12.9. The second-order valence-corrected chi connectivity index (χ2v) is 8.66. The predicted molar refractivity (Wildman–Crippen MR) is 114 cm³/mol. The zero-order valence-electron chi connectivity index (χ0n) is 16.3. The third kappa shape index (κ3) is 4.63. The zero-order chi connectivity index (χ0) is 21.9. The number of aromatic carboxylic acids is 1. The molecule has 0 saturated heterocycles. The maximum atomic E-state index is 12.9. The molecule has 2 aromatic carbocycles. The summed E-state index contributed by atoms with van der Waals surface area (Å²) in [6, 6.07) is 8.85. The molecule has 3 rings (SSSR count). The fourth-order valence-electron chi connectivity index (χ4n) is 2.66. The van der Waals surface area contributed by atoms with Crippen LogP contribution in [0.15, 0.2) is 46.7 Å². The van der Waals surface area contributed by atoms with E-state index in [9.17, 15) is 18.3 Å². The van der Waals surface area contributed by atoms with Crippen LogP contribution in [0.3, 0.4) is 0 Å². The summed E-state index contributed by atoms with van der Waals surface area (Å²) in [5.74, 6) is -1.41. The van der Waals surface area contributed by atoms with E-state index in [1.165, 1.54) is 31.6 Å². The number of ether oxygens (including phenoxy) is 2. The van der Waals surface area contributed by atoms with Gasteiger partial charge in [0.1, 0.15) is 5.56 Å². The van der Waals surface area contributed by atoms with E-state index < -0.39 is 16.0 Å². The van der Waals surface area contributed by atoms with Crippen molar-refractivity contribution < 1.29 is 27.8 Å². The van der Waals surface area contributed by atoms with E-state index in [4.69, 9.17) is 9.47 Å². The fraction of sp³-hybridized carbons (Fsp3) is 0.158. The molecular formula is C19H19N3O6S2. The second-order valence-electron chi connectivity index (χ2n) is 6.12. The highest BCUT2D eigenvalue weighted by Crippen LogP contribution is 2.35. The van der Waals surface area contributed by atoms with Crippen LogP contribution in [0.1, 0.15) is 16.1 Å². The molecule has 0 saturated carbocycles. The Hall–Kier alpha value is -3.31. The van der Waals surface area contributed by atoms with Gasteiger partial charge in [-0.1, -0.05) is 6.07 Å². The number of rotatable bonds is 8. The fourth-order valence-corrected chi connectivity index (χ4v) is 4.46. The lowest BCUT2D eigenvalue weighted by Crippen LogP contribution is -2.15. The van der Waals surface area contributed by atoms with E-state index in [1.807, 2.05) is 12.3 Å². The van der Waals surface area contributed by atoms with E-state index in [1.54, 1.807) is 24.3 Å². The molecule has 0 spiro atoms. The van der Waals surface area contributed by atoms with Gasteiger partial charge in [-0.05, 0) is 31.2 Å². The van der Waals surface area contributed by atoms with Crippen LogP contribution in [0.4, 0.5) is 16.5 Å². The minimum absolute atomic E-state index is 0.00710. The number of benzene rings is 2. The lowest BCUT2D eigenvalue weighted by atomic mass is 10.2. The summed E-state index contributed by atoms with van der Waals surface area (Å²) in [6.45, 7) is 1.88. The predicted octanol–water partition coefficient (Wildman–Crippen LogP) is 3.71. The number of carboxylic acid groups (broad SMARTS) is 1. The second kappa shape index (κ2) is 8.59. The first-order valence-electron chi connectivity index (χ1n) is 8.55. The van der Waals surface area contributed by atoms with E-state index in [0.717, 1.165) is 11.8 Å². The Morgan fingerprint density at radius 1 is 1.13 bits per heavy atom. The summed E-state index contributed by atoms with van der Waals surface area (Å²) < 4.78 is 38.4. The normalized spacial score (nSPS) is 11.0. The lowest BCUT2D eigenvalue weighted by molar-refractivity contribution is 0.0692. The molecule has 0 atom stereocenters. The number of hydrogen-bond donors (Lipinski definition) is 3. The van der Waals surface area contributed by atoms with Crippen LogP contribution in [0.25, 0.3) is 0 Å². The molecule has 0 aliphatic heterocycles. The zero-order valence-corrected chi connectivity index (χ0v) is 17.9. The number of nitrogens with one attached hydrogen (secondary N) is 2. The molecule has 0 aliphatic carbocycles. The first kappa shape index (κ1) is 21.4. The Balaban J connectivity index is 1.92. The van der Waals surface area contributed by atoms with Crippen LogP contribution in [0.2, 0.25) is 0 Å². The minimum atomic E-state index is -4.10. The molecule has 158 valence electrons. The molecule has 0 unspecified atom stereocenters. The van der Waals surface area contributed by atoms with Crippen LogP contribution >= 0.6 is 11.3 Å². The first-order valence-corrected chi connectivity index (χ1v) is 10.9. The molecule has 1 heterocycles. The molecule has 3 aromatic rings. The number of thiazole rings is 1. The van der Waals surface area contributed by atoms with Crippen molar-refractivity contribution in [3.8, 4) is 11.5 Å². The van der Waals surface area contributed by atoms with Gasteiger partial charge in [-0.3, -0.25) is 4.72 Å². The van der Waals surface area contributed by atoms with Crippen LogP contribution < -0.4 is 19.5 Å². The number of anilines is 3. The smallest absolute Gasteiger partial charge is 0.339 e. The molecule has 9 nitrogen and oxygen atoms in total. The van der Waals surface area contributed by atoms with Crippen molar-refractivity contribution >= 4 is 43.8 Å². The van der Waals surface area contributed by atoms with Crippen molar-refractivity contribution in [1.82, 2.24) is 4.98 Å². The highest BCUT2D eigenvalue weighted by Gasteiger charge is 2.24. The third-order valence-corrected chi connectivity index (χ3v) is 6.21. The van der Waals surface area contributed by atoms with E-state index in [2.05, 4.69) is 15.0 Å². The number of methoxy groups -OCH3 is 2. The minimum Gasteiger partial charge on any atom is -0.493 e. The number of nitrogens with zero attached hydrogens (tertiary/aromatic N) is 1. The monoisotopic (exact) mass is 449 g/mol. The van der Waals surface area contributed by atoms with Gasteiger partial charge < -0.3 is 19.9 Å². The molecule has 3 N–H and O–H groups in total. The van der Waals surface area contributed by atoms with Gasteiger partial charge in [0.05, 0.1) is 30.5 Å². The van der Waals surface area contributed by atoms with Gasteiger partial charge in [-0.2, -0.15) is 0 Å². The molecule has 11 heteroatoms. The molecule has 1 aromatic heterocycles. The van der Waals surface area contributed by atoms with Gasteiger partial charge >= 0.3 is 5.97 Å². The standard InChI is InChI=1S/C19H19N3O6S2/c1-11-10-29-19(20-11)21-12-5-4-6-13(7-12)22-30(25,26)14-8-15(18(23)24)17(28-3)16(9-14)27-2/h4-10,22H,1-3H3,(H,20,21)(H,23,24). The Kier molecular flexibility index (Phi) is 6.13. The highest BCUT2D eigenvalue weighted by atomic mass is 32.2. The Morgan fingerprint density at radius 3 is 2.47 bits per heavy atom. The Labute approximate surface area is 177 Å². The third-order valence-electron chi connectivity index (χ3n) is 3.98. The number of carbonyl (C=O) groups is 1. The number of aryl methyl sites for hydroxylation is 1. The molecule has 0 bridgehead atoms. The van der Waals surface area contributed by atoms with Crippen molar-refractivity contribution in [2.45, 2.75) is 11.8 Å². The van der Waals surface area contributed by atoms with Crippen molar-refractivity contribution in [1.29, 1.82) is 0 Å². The van der Waals surface area contributed by atoms with Crippen LogP contribution in [0, 0.1) is 6.92 Å². The molecule has 0 aliphatic rings. The summed E-state index contributed by atoms with van der Waals surface area (Å²) in [4.78, 5) is 15.6. The Morgan fingerprint density at radius 2 is 1.87 bits per heavy atom. The first-order chi connectivity index (χ1) is 14.2. The largest absolute Gasteiger partial charge is 0.493 e. The topological polar surface area (TPSA) is 127 Å². The molecule has 0 radical (unpaired) electrons. The van der Waals surface area contributed by atoms with Gasteiger partial charge in [0.25, 0.3) is 10.0 Å². The average molecular weight is 450 g/mol. The average Bonchev–Trinajstić information content (AvgIpc) is 3.11. The number of carboxylic acids is 1. The van der Waals surface area contributed by atoms with Crippen LogP contribution in [0.5, 0.6) is 11.5 Å². The summed E-state index contributed by atoms with van der Waals surface area (Å²) in [5, 5.41) is 15.1. The molecule has 0 fully saturated rings. The number of aromatic nitrogens is 1. The SMILES string of the molecule is COc1cc(S(=O)(=O)Nc2cccc(Nc3nc(C)cs3)c2)cc(C(=O)O)c1OC. The van der Waals surface area contributed by atoms with E-state index in [-0.39, 0.29) is 22.0 Å². The summed E-state index contributed by atoms with van der Waals surface area (Å²) in [6.07, 6.45) is 0. The van der Waals surface area contributed by atoms with Crippen molar-refractivity contribution in [3.05, 3.63) is 53.0 Å². The quantitative estimate of drug-likeness (QED) is 0.475. The van der Waals surface area contributed by atoms with Gasteiger partial charge in [-0.25, -0.2) is 18.2 Å². The van der Waals surface area contributed by atoms with Crippen molar-refractivity contribution in [2.24, 2.45) is 0 Å². The lowest BCUT2D eigenvalue weighted by Gasteiger charge is -2.14. The van der Waals surface area contributed by atoms with Gasteiger partial charge in [-0.15, -0.1) is 11.3 Å². The highest BCUT2D eigenvalue weighted by molar-refractivity contribution is 7.92. The van der Waals surface area contributed by atoms with Crippen molar-refractivity contribution in [3.63, 3.8) is 0 Å². The van der Waals surface area contributed by atoms with Crippen LogP contribution in [-0.4, -0.2) is 38.7 Å². The summed E-state index contributed by atoms with van der Waals surface area (Å²) in [5.41, 5.74) is 1.48. The molecule has 30 heavy (non-hydrogen) atoms. The van der Waals surface area contributed by atoms with E-state index >= 15 is 0 Å². The number of sulfonamides is 1. The molecular weight excluding hydrogens is 430 g/mol. The summed E-state index contributed by atoms with van der Waals surface area (Å²) >= 11 is 1.43. The maximum Gasteiger partial charge on any atom is 0.339 e. The van der Waals surface area contributed by atoms with Gasteiger partial charge in [0, 0.05) is 17.1 Å². The summed E-state index contributed by atoms with van der Waals surface area (Å²) in [7, 11) is -1.53. The van der Waals surface area contributed by atoms with E-state index in [0.29, 0.717) is 16.5 Å². The van der Waals surface area contributed by atoms with Crippen molar-refractivity contribution in [2.75, 3.05) is 24.3 Å². The van der Waals surface area contributed by atoms with Gasteiger partial charge in [0.15, 0.2) is 16.6 Å². The number of hydrogen-bond acceptors (Lipinski definition) is 8. The Bertz CT molecular complexity index is 1190. The molecule has 0 amide bonds.